The molecule has 10 heavy (non-hydrogen) atoms. The first-order valence-electron chi connectivity index (χ1n) is 3.62. The fourth-order valence-corrected chi connectivity index (χ4v) is 1.13. The Morgan fingerprint density at radius 1 is 1.30 bits per heavy atom. The molecule has 60 valence electrons. The van der Waals surface area contributed by atoms with Gasteiger partial charge in [0.2, 0.25) is 0 Å². The normalized spacial score (nSPS) is 14.4. The average molecular weight is 143 g/mol. The van der Waals surface area contributed by atoms with E-state index in [1.807, 2.05) is 34.6 Å². The van der Waals surface area contributed by atoms with Crippen molar-refractivity contribution in [1.29, 1.82) is 0 Å². The summed E-state index contributed by atoms with van der Waals surface area (Å²) in [5.74, 6) is 0.324. The van der Waals surface area contributed by atoms with Crippen molar-refractivity contribution in [3.05, 3.63) is 0 Å². The molecule has 2 nitrogen and oxygen atoms in total. The van der Waals surface area contributed by atoms with E-state index in [0.717, 1.165) is 5.71 Å². The van der Waals surface area contributed by atoms with Crippen LogP contribution in [0.15, 0.2) is 5.16 Å². The molecule has 0 radical (unpaired) electrons. The van der Waals surface area contributed by atoms with Crippen molar-refractivity contribution in [2.45, 2.75) is 34.6 Å². The Bertz CT molecular complexity index is 131. The molecule has 0 amide bonds. The number of rotatable bonds is 1. The van der Waals surface area contributed by atoms with Crippen LogP contribution in [0.2, 0.25) is 0 Å². The van der Waals surface area contributed by atoms with Crippen LogP contribution >= 0.6 is 0 Å². The zero-order valence-electron chi connectivity index (χ0n) is 7.47. The van der Waals surface area contributed by atoms with E-state index in [9.17, 15) is 0 Å². The summed E-state index contributed by atoms with van der Waals surface area (Å²) in [6.07, 6.45) is 0. The van der Waals surface area contributed by atoms with Crippen LogP contribution in [-0.4, -0.2) is 10.9 Å². The molecule has 0 unspecified atom stereocenters. The lowest BCUT2D eigenvalue weighted by Gasteiger charge is -2.22. The summed E-state index contributed by atoms with van der Waals surface area (Å²) in [7, 11) is 0. The standard InChI is InChI=1S/C8H17NO/c1-6(2)7(9-10)8(3,4)5/h6,10H,1-5H3/b9-7-. The van der Waals surface area contributed by atoms with Crippen LogP contribution in [0.5, 0.6) is 0 Å². The molecule has 0 aliphatic heterocycles. The predicted molar refractivity (Wildman–Crippen MR) is 43.5 cm³/mol. The number of oxime groups is 1. The average Bonchev–Trinajstić information content (AvgIpc) is 1.60. The number of nitrogens with zero attached hydrogens (tertiary/aromatic N) is 1. The third-order valence-corrected chi connectivity index (χ3v) is 1.42. The Morgan fingerprint density at radius 3 is 1.70 bits per heavy atom. The Balaban J connectivity index is 4.40. The van der Waals surface area contributed by atoms with Gasteiger partial charge >= 0.3 is 0 Å². The van der Waals surface area contributed by atoms with Gasteiger partial charge in [0.05, 0.1) is 5.71 Å². The topological polar surface area (TPSA) is 32.6 Å². The first kappa shape index (κ1) is 9.47. The molecule has 0 aliphatic carbocycles. The summed E-state index contributed by atoms with van der Waals surface area (Å²) in [5, 5.41) is 11.9. The van der Waals surface area contributed by atoms with E-state index >= 15 is 0 Å². The molecule has 0 saturated carbocycles. The van der Waals surface area contributed by atoms with Gasteiger partial charge in [0, 0.05) is 5.41 Å². The molecule has 0 fully saturated rings. The number of hydrogen-bond acceptors (Lipinski definition) is 2. The van der Waals surface area contributed by atoms with E-state index in [4.69, 9.17) is 5.21 Å². The Hall–Kier alpha value is -0.530. The molecular weight excluding hydrogens is 126 g/mol. The van der Waals surface area contributed by atoms with Gasteiger partial charge in [-0.05, 0) is 5.92 Å². The van der Waals surface area contributed by atoms with E-state index in [-0.39, 0.29) is 5.41 Å². The van der Waals surface area contributed by atoms with E-state index in [1.165, 1.54) is 0 Å². The van der Waals surface area contributed by atoms with Crippen LogP contribution in [0.4, 0.5) is 0 Å². The molecular formula is C8H17NO. The summed E-state index contributed by atoms with van der Waals surface area (Å²) in [4.78, 5) is 0. The Labute approximate surface area is 62.9 Å². The van der Waals surface area contributed by atoms with Gasteiger partial charge in [-0.15, -0.1) is 0 Å². The van der Waals surface area contributed by atoms with Crippen LogP contribution in [0, 0.1) is 11.3 Å². The minimum Gasteiger partial charge on any atom is -0.411 e. The first-order chi connectivity index (χ1) is 4.39. The fourth-order valence-electron chi connectivity index (χ4n) is 1.13. The monoisotopic (exact) mass is 143 g/mol. The van der Waals surface area contributed by atoms with Crippen molar-refractivity contribution in [2.75, 3.05) is 0 Å². The number of hydrogen-bond donors (Lipinski definition) is 1. The zero-order valence-corrected chi connectivity index (χ0v) is 7.47. The summed E-state index contributed by atoms with van der Waals surface area (Å²) in [6, 6.07) is 0. The van der Waals surface area contributed by atoms with Crippen molar-refractivity contribution in [3.63, 3.8) is 0 Å². The molecule has 0 aromatic heterocycles. The minimum absolute atomic E-state index is 0.0110. The Morgan fingerprint density at radius 2 is 1.70 bits per heavy atom. The van der Waals surface area contributed by atoms with Gasteiger partial charge in [-0.1, -0.05) is 39.8 Å². The highest BCUT2D eigenvalue weighted by atomic mass is 16.4. The molecule has 0 aliphatic rings. The van der Waals surface area contributed by atoms with Gasteiger partial charge in [-0.2, -0.15) is 0 Å². The first-order valence-corrected chi connectivity index (χ1v) is 3.62. The predicted octanol–water partition coefficient (Wildman–Crippen LogP) is 2.52. The van der Waals surface area contributed by atoms with Gasteiger partial charge in [0.1, 0.15) is 0 Å². The van der Waals surface area contributed by atoms with Gasteiger partial charge in [-0.25, -0.2) is 0 Å². The lowest BCUT2D eigenvalue weighted by Crippen LogP contribution is -2.25. The summed E-state index contributed by atoms with van der Waals surface area (Å²) in [6.45, 7) is 10.2. The molecule has 0 heterocycles. The second kappa shape index (κ2) is 3.04. The molecule has 0 saturated heterocycles. The van der Waals surface area contributed by atoms with E-state index in [2.05, 4.69) is 5.16 Å². The second-order valence-electron chi connectivity index (χ2n) is 3.89. The maximum absolute atomic E-state index is 8.62. The van der Waals surface area contributed by atoms with Crippen molar-refractivity contribution in [3.8, 4) is 0 Å². The zero-order chi connectivity index (χ0) is 8.36. The minimum atomic E-state index is -0.0110. The smallest absolute Gasteiger partial charge is 0.0649 e. The summed E-state index contributed by atoms with van der Waals surface area (Å²) < 4.78 is 0. The van der Waals surface area contributed by atoms with Crippen LogP contribution in [0.25, 0.3) is 0 Å². The molecule has 2 heteroatoms. The summed E-state index contributed by atoms with van der Waals surface area (Å²) in [5.41, 5.74) is 0.843. The maximum atomic E-state index is 8.62. The van der Waals surface area contributed by atoms with Crippen molar-refractivity contribution < 1.29 is 5.21 Å². The molecule has 0 aromatic rings. The lowest BCUT2D eigenvalue weighted by atomic mass is 9.84. The quantitative estimate of drug-likeness (QED) is 0.341. The highest BCUT2D eigenvalue weighted by Gasteiger charge is 2.21. The maximum Gasteiger partial charge on any atom is 0.0649 e. The molecule has 0 atom stereocenters. The summed E-state index contributed by atoms with van der Waals surface area (Å²) >= 11 is 0. The van der Waals surface area contributed by atoms with Crippen LogP contribution < -0.4 is 0 Å². The van der Waals surface area contributed by atoms with Crippen LogP contribution in [0.3, 0.4) is 0 Å². The van der Waals surface area contributed by atoms with Gasteiger partial charge in [-0.3, -0.25) is 0 Å². The second-order valence-corrected chi connectivity index (χ2v) is 3.89. The SMILES string of the molecule is CC(C)/C(=N/O)C(C)(C)C. The van der Waals surface area contributed by atoms with Gasteiger partial charge < -0.3 is 5.21 Å². The van der Waals surface area contributed by atoms with E-state index in [1.54, 1.807) is 0 Å². The third-order valence-electron chi connectivity index (χ3n) is 1.42. The van der Waals surface area contributed by atoms with E-state index in [0.29, 0.717) is 5.92 Å². The molecule has 0 rings (SSSR count). The largest absolute Gasteiger partial charge is 0.411 e. The third kappa shape index (κ3) is 2.38. The molecule has 1 N–H and O–H groups in total. The van der Waals surface area contributed by atoms with E-state index < -0.39 is 0 Å². The van der Waals surface area contributed by atoms with Crippen molar-refractivity contribution >= 4 is 5.71 Å². The highest BCUT2D eigenvalue weighted by Crippen LogP contribution is 2.20. The van der Waals surface area contributed by atoms with Gasteiger partial charge in [0.25, 0.3) is 0 Å². The lowest BCUT2D eigenvalue weighted by molar-refractivity contribution is 0.306. The molecule has 0 spiro atoms. The molecule has 0 bridgehead atoms. The van der Waals surface area contributed by atoms with Crippen LogP contribution in [-0.2, 0) is 0 Å². The Kier molecular flexibility index (Phi) is 2.88. The van der Waals surface area contributed by atoms with Crippen LogP contribution in [0.1, 0.15) is 34.6 Å². The van der Waals surface area contributed by atoms with Crippen molar-refractivity contribution in [2.24, 2.45) is 16.5 Å². The fraction of sp³-hybridized carbons (Fsp3) is 0.875. The van der Waals surface area contributed by atoms with Crippen molar-refractivity contribution in [1.82, 2.24) is 0 Å². The molecule has 0 aromatic carbocycles. The van der Waals surface area contributed by atoms with Gasteiger partial charge in [0.15, 0.2) is 0 Å². The highest BCUT2D eigenvalue weighted by molar-refractivity contribution is 5.90.